The van der Waals surface area contributed by atoms with Crippen LogP contribution in [0, 0.1) is 0 Å². The maximum atomic E-state index is 11.8. The molecule has 0 unspecified atom stereocenters. The van der Waals surface area contributed by atoms with Crippen LogP contribution >= 0.6 is 0 Å². The molecule has 0 saturated carbocycles. The number of carbonyl (C=O) groups excluding carboxylic acids is 1. The molecule has 0 N–H and O–H groups in total. The molecular formula is C14H21NO2S. The van der Waals surface area contributed by atoms with Gasteiger partial charge >= 0.3 is 0 Å². The summed E-state index contributed by atoms with van der Waals surface area (Å²) in [5.74, 6) is 1.26. The molecule has 1 amide bonds. The Morgan fingerprint density at radius 3 is 2.67 bits per heavy atom. The van der Waals surface area contributed by atoms with Gasteiger partial charge in [-0.3, -0.25) is 9.00 Å². The number of unbranched alkanes of at least 4 members (excludes halogenated alkanes) is 1. The fourth-order valence-electron chi connectivity index (χ4n) is 1.62. The molecule has 1 atom stereocenters. The molecule has 0 aromatic heterocycles. The molecule has 0 spiro atoms. The Balaban J connectivity index is 2.70. The fourth-order valence-corrected chi connectivity index (χ4v) is 2.92. The number of amides is 1. The molecule has 1 aromatic rings. The second kappa shape index (κ2) is 7.31. The Morgan fingerprint density at radius 2 is 2.06 bits per heavy atom. The van der Waals surface area contributed by atoms with E-state index >= 15 is 0 Å². The van der Waals surface area contributed by atoms with Crippen molar-refractivity contribution in [2.75, 3.05) is 19.8 Å². The highest BCUT2D eigenvalue weighted by atomic mass is 32.2. The topological polar surface area (TPSA) is 37.4 Å². The van der Waals surface area contributed by atoms with E-state index in [9.17, 15) is 9.00 Å². The Labute approximate surface area is 112 Å². The van der Waals surface area contributed by atoms with Crippen LogP contribution in [-0.2, 0) is 16.6 Å². The molecule has 0 fully saturated rings. The third kappa shape index (κ3) is 4.61. The predicted octanol–water partition coefficient (Wildman–Crippen LogP) is 2.44. The SMILES string of the molecule is CCCC[S@](=O)Cc1cccc(C(=O)N(C)C)c1. The molecule has 100 valence electrons. The van der Waals surface area contributed by atoms with Gasteiger partial charge in [0.05, 0.1) is 0 Å². The van der Waals surface area contributed by atoms with Crippen molar-refractivity contribution in [1.82, 2.24) is 4.90 Å². The van der Waals surface area contributed by atoms with Crippen LogP contribution in [-0.4, -0.2) is 34.9 Å². The minimum atomic E-state index is -0.828. The van der Waals surface area contributed by atoms with E-state index in [1.807, 2.05) is 18.2 Å². The van der Waals surface area contributed by atoms with Crippen molar-refractivity contribution in [3.8, 4) is 0 Å². The maximum Gasteiger partial charge on any atom is 0.253 e. The van der Waals surface area contributed by atoms with Crippen molar-refractivity contribution in [1.29, 1.82) is 0 Å². The molecule has 3 nitrogen and oxygen atoms in total. The zero-order valence-corrected chi connectivity index (χ0v) is 12.1. The van der Waals surface area contributed by atoms with Crippen molar-refractivity contribution >= 4 is 16.7 Å². The lowest BCUT2D eigenvalue weighted by Gasteiger charge is -2.11. The van der Waals surface area contributed by atoms with Crippen LogP contribution in [0.25, 0.3) is 0 Å². The van der Waals surface area contributed by atoms with Gasteiger partial charge in [-0.05, 0) is 24.1 Å². The van der Waals surface area contributed by atoms with Crippen LogP contribution in [0.1, 0.15) is 35.7 Å². The molecule has 0 radical (unpaired) electrons. The summed E-state index contributed by atoms with van der Waals surface area (Å²) < 4.78 is 11.8. The minimum absolute atomic E-state index is 0.0174. The maximum absolute atomic E-state index is 11.8. The van der Waals surface area contributed by atoms with Gasteiger partial charge in [-0.1, -0.05) is 25.5 Å². The van der Waals surface area contributed by atoms with Crippen LogP contribution in [0.15, 0.2) is 24.3 Å². The van der Waals surface area contributed by atoms with Crippen LogP contribution in [0.5, 0.6) is 0 Å². The molecule has 0 aliphatic heterocycles. The summed E-state index contributed by atoms with van der Waals surface area (Å²) in [5, 5.41) is 0. The van der Waals surface area contributed by atoms with Crippen molar-refractivity contribution in [3.05, 3.63) is 35.4 Å². The summed E-state index contributed by atoms with van der Waals surface area (Å²) in [6.45, 7) is 2.09. The van der Waals surface area contributed by atoms with E-state index in [1.165, 1.54) is 0 Å². The first-order valence-electron chi connectivity index (χ1n) is 6.20. The van der Waals surface area contributed by atoms with Crippen molar-refractivity contribution in [3.63, 3.8) is 0 Å². The van der Waals surface area contributed by atoms with Crippen LogP contribution in [0.4, 0.5) is 0 Å². The molecule has 0 heterocycles. The second-order valence-electron chi connectivity index (χ2n) is 4.54. The summed E-state index contributed by atoms with van der Waals surface area (Å²) in [5.41, 5.74) is 1.63. The van der Waals surface area contributed by atoms with Crippen molar-refractivity contribution in [2.24, 2.45) is 0 Å². The molecular weight excluding hydrogens is 246 g/mol. The number of hydrogen-bond donors (Lipinski definition) is 0. The van der Waals surface area contributed by atoms with Gasteiger partial charge in [0.1, 0.15) is 0 Å². The third-order valence-electron chi connectivity index (χ3n) is 2.63. The minimum Gasteiger partial charge on any atom is -0.345 e. The molecule has 0 saturated heterocycles. The van der Waals surface area contributed by atoms with E-state index in [0.717, 1.165) is 24.2 Å². The molecule has 0 aliphatic rings. The number of benzene rings is 1. The average molecular weight is 267 g/mol. The zero-order valence-electron chi connectivity index (χ0n) is 11.3. The van der Waals surface area contributed by atoms with Gasteiger partial charge in [0.25, 0.3) is 5.91 Å². The van der Waals surface area contributed by atoms with Crippen LogP contribution in [0.3, 0.4) is 0 Å². The second-order valence-corrected chi connectivity index (χ2v) is 6.12. The van der Waals surface area contributed by atoms with E-state index in [0.29, 0.717) is 11.3 Å². The lowest BCUT2D eigenvalue weighted by molar-refractivity contribution is 0.0827. The van der Waals surface area contributed by atoms with Crippen LogP contribution < -0.4 is 0 Å². The highest BCUT2D eigenvalue weighted by molar-refractivity contribution is 7.84. The average Bonchev–Trinajstić information content (AvgIpc) is 2.35. The smallest absolute Gasteiger partial charge is 0.253 e. The van der Waals surface area contributed by atoms with E-state index in [4.69, 9.17) is 0 Å². The van der Waals surface area contributed by atoms with Gasteiger partial charge in [0.2, 0.25) is 0 Å². The number of nitrogens with zero attached hydrogens (tertiary/aromatic N) is 1. The quantitative estimate of drug-likeness (QED) is 0.794. The first kappa shape index (κ1) is 14.9. The molecule has 1 rings (SSSR count). The molecule has 0 aliphatic carbocycles. The van der Waals surface area contributed by atoms with E-state index < -0.39 is 10.8 Å². The largest absolute Gasteiger partial charge is 0.345 e. The lowest BCUT2D eigenvalue weighted by atomic mass is 10.1. The normalized spacial score (nSPS) is 12.2. The van der Waals surface area contributed by atoms with Gasteiger partial charge in [-0.15, -0.1) is 0 Å². The Hall–Kier alpha value is -1.16. The highest BCUT2D eigenvalue weighted by Crippen LogP contribution is 2.10. The van der Waals surface area contributed by atoms with Crippen molar-refractivity contribution < 1.29 is 9.00 Å². The van der Waals surface area contributed by atoms with Gasteiger partial charge in [0, 0.05) is 42.0 Å². The monoisotopic (exact) mass is 267 g/mol. The molecule has 4 heteroatoms. The highest BCUT2D eigenvalue weighted by Gasteiger charge is 2.09. The Kier molecular flexibility index (Phi) is 6.05. The third-order valence-corrected chi connectivity index (χ3v) is 4.03. The summed E-state index contributed by atoms with van der Waals surface area (Å²) in [7, 11) is 2.63. The van der Waals surface area contributed by atoms with E-state index in [1.54, 1.807) is 25.1 Å². The predicted molar refractivity (Wildman–Crippen MR) is 76.1 cm³/mol. The number of hydrogen-bond acceptors (Lipinski definition) is 2. The standard InChI is InChI=1S/C14H21NO2S/c1-4-5-9-18(17)11-12-7-6-8-13(10-12)14(16)15(2)3/h6-8,10H,4-5,9,11H2,1-3H3/t18-/m0/s1. The summed E-state index contributed by atoms with van der Waals surface area (Å²) in [6.07, 6.45) is 2.05. The number of rotatable bonds is 6. The van der Waals surface area contributed by atoms with Crippen LogP contribution in [0.2, 0.25) is 0 Å². The molecule has 18 heavy (non-hydrogen) atoms. The van der Waals surface area contributed by atoms with E-state index in [2.05, 4.69) is 6.92 Å². The van der Waals surface area contributed by atoms with Gasteiger partial charge in [-0.25, -0.2) is 0 Å². The lowest BCUT2D eigenvalue weighted by Crippen LogP contribution is -2.21. The first-order valence-corrected chi connectivity index (χ1v) is 7.69. The summed E-state index contributed by atoms with van der Waals surface area (Å²) in [4.78, 5) is 13.4. The van der Waals surface area contributed by atoms with Gasteiger partial charge in [0.15, 0.2) is 0 Å². The van der Waals surface area contributed by atoms with Gasteiger partial charge in [-0.2, -0.15) is 0 Å². The van der Waals surface area contributed by atoms with Gasteiger partial charge < -0.3 is 4.90 Å². The molecule has 1 aromatic carbocycles. The Bertz CT molecular complexity index is 430. The van der Waals surface area contributed by atoms with Crippen molar-refractivity contribution in [2.45, 2.75) is 25.5 Å². The summed E-state index contributed by atoms with van der Waals surface area (Å²) >= 11 is 0. The fraction of sp³-hybridized carbons (Fsp3) is 0.500. The van der Waals surface area contributed by atoms with E-state index in [-0.39, 0.29) is 5.91 Å². The Morgan fingerprint density at radius 1 is 1.33 bits per heavy atom. The first-order chi connectivity index (χ1) is 8.54. The molecule has 0 bridgehead atoms. The number of carbonyl (C=O) groups is 1. The summed E-state index contributed by atoms with van der Waals surface area (Å²) in [6, 6.07) is 7.41. The zero-order chi connectivity index (χ0) is 13.5.